The van der Waals surface area contributed by atoms with E-state index < -0.39 is 11.7 Å². The quantitative estimate of drug-likeness (QED) is 0.731. The molecule has 3 rings (SSSR count). The second-order valence-corrected chi connectivity index (χ2v) is 8.58. The van der Waals surface area contributed by atoms with Gasteiger partial charge in [-0.25, -0.2) is 4.79 Å². The standard InChI is InChI=1S/C24H31N3O3/c1-24(2,3)30-23(29)26-20-13-11-19(12-14-20)22(28)25-17-21(27-15-7-8-16-27)18-9-5-4-6-10-18/h4-6,9-14,21H,7-8,15-17H2,1-3H3,(H,25,28)(H,26,29). The molecule has 160 valence electrons. The lowest BCUT2D eigenvalue weighted by molar-refractivity contribution is 0.0635. The molecule has 6 heteroatoms. The molecule has 0 radical (unpaired) electrons. The number of nitrogens with one attached hydrogen (secondary N) is 2. The molecule has 0 bridgehead atoms. The van der Waals surface area contributed by atoms with Gasteiger partial charge in [-0.1, -0.05) is 30.3 Å². The normalized spacial score (nSPS) is 15.4. The van der Waals surface area contributed by atoms with E-state index in [0.29, 0.717) is 17.8 Å². The van der Waals surface area contributed by atoms with Crippen LogP contribution in [0.25, 0.3) is 0 Å². The fraction of sp³-hybridized carbons (Fsp3) is 0.417. The summed E-state index contributed by atoms with van der Waals surface area (Å²) in [5, 5.41) is 5.75. The predicted molar refractivity (Wildman–Crippen MR) is 119 cm³/mol. The van der Waals surface area contributed by atoms with Crippen molar-refractivity contribution in [1.29, 1.82) is 0 Å². The predicted octanol–water partition coefficient (Wildman–Crippen LogP) is 4.60. The molecule has 0 aliphatic carbocycles. The average molecular weight is 410 g/mol. The summed E-state index contributed by atoms with van der Waals surface area (Å²) in [6, 6.07) is 17.3. The number of hydrogen-bond acceptors (Lipinski definition) is 4. The van der Waals surface area contributed by atoms with E-state index in [-0.39, 0.29) is 11.9 Å². The summed E-state index contributed by atoms with van der Waals surface area (Å²) in [5.74, 6) is -0.126. The van der Waals surface area contributed by atoms with Crippen molar-refractivity contribution in [3.8, 4) is 0 Å². The number of rotatable bonds is 6. The summed E-state index contributed by atoms with van der Waals surface area (Å²) in [6.07, 6.45) is 1.88. The smallest absolute Gasteiger partial charge is 0.412 e. The number of carbonyl (C=O) groups excluding carboxylic acids is 2. The molecule has 2 aromatic carbocycles. The molecule has 30 heavy (non-hydrogen) atoms. The van der Waals surface area contributed by atoms with Crippen molar-refractivity contribution in [3.63, 3.8) is 0 Å². The Morgan fingerprint density at radius 3 is 2.23 bits per heavy atom. The first-order valence-electron chi connectivity index (χ1n) is 10.5. The molecule has 2 N–H and O–H groups in total. The van der Waals surface area contributed by atoms with Crippen LogP contribution in [0, 0.1) is 0 Å². The van der Waals surface area contributed by atoms with Gasteiger partial charge in [0.05, 0.1) is 6.04 Å². The van der Waals surface area contributed by atoms with Crippen molar-refractivity contribution >= 4 is 17.7 Å². The first kappa shape index (κ1) is 21.8. The highest BCUT2D eigenvalue weighted by Gasteiger charge is 2.24. The summed E-state index contributed by atoms with van der Waals surface area (Å²) < 4.78 is 5.24. The van der Waals surface area contributed by atoms with Gasteiger partial charge in [-0.2, -0.15) is 0 Å². The van der Waals surface area contributed by atoms with E-state index in [9.17, 15) is 9.59 Å². The number of benzene rings is 2. The Kier molecular flexibility index (Phi) is 7.11. The minimum Gasteiger partial charge on any atom is -0.444 e. The Morgan fingerprint density at radius 2 is 1.63 bits per heavy atom. The van der Waals surface area contributed by atoms with E-state index in [1.165, 1.54) is 18.4 Å². The third-order valence-corrected chi connectivity index (χ3v) is 5.01. The van der Waals surface area contributed by atoms with E-state index in [4.69, 9.17) is 4.74 Å². The maximum Gasteiger partial charge on any atom is 0.412 e. The zero-order valence-corrected chi connectivity index (χ0v) is 18.0. The molecule has 0 spiro atoms. The van der Waals surface area contributed by atoms with Gasteiger partial charge in [0, 0.05) is 17.8 Å². The average Bonchev–Trinajstić information content (AvgIpc) is 3.22. The third-order valence-electron chi connectivity index (χ3n) is 5.01. The van der Waals surface area contributed by atoms with Crippen LogP contribution in [0.3, 0.4) is 0 Å². The first-order chi connectivity index (χ1) is 14.3. The Balaban J connectivity index is 1.58. The zero-order valence-electron chi connectivity index (χ0n) is 18.0. The summed E-state index contributed by atoms with van der Waals surface area (Å²) in [6.45, 7) is 8.10. The van der Waals surface area contributed by atoms with E-state index in [0.717, 1.165) is 13.1 Å². The van der Waals surface area contributed by atoms with Crippen molar-refractivity contribution in [3.05, 3.63) is 65.7 Å². The lowest BCUT2D eigenvalue weighted by atomic mass is 10.1. The molecule has 1 atom stereocenters. The zero-order chi connectivity index (χ0) is 21.6. The van der Waals surface area contributed by atoms with Crippen LogP contribution in [0.1, 0.15) is 55.6 Å². The molecule has 1 unspecified atom stereocenters. The van der Waals surface area contributed by atoms with Gasteiger partial charge >= 0.3 is 6.09 Å². The molecule has 1 saturated heterocycles. The van der Waals surface area contributed by atoms with Crippen LogP contribution in [-0.4, -0.2) is 42.1 Å². The van der Waals surface area contributed by atoms with Crippen molar-refractivity contribution < 1.29 is 14.3 Å². The summed E-state index contributed by atoms with van der Waals surface area (Å²) >= 11 is 0. The maximum absolute atomic E-state index is 12.7. The number of likely N-dealkylation sites (tertiary alicyclic amines) is 1. The monoisotopic (exact) mass is 409 g/mol. The largest absolute Gasteiger partial charge is 0.444 e. The van der Waals surface area contributed by atoms with Gasteiger partial charge in [0.25, 0.3) is 5.91 Å². The van der Waals surface area contributed by atoms with Crippen molar-refractivity contribution in [1.82, 2.24) is 10.2 Å². The van der Waals surface area contributed by atoms with Crippen LogP contribution in [0.2, 0.25) is 0 Å². The van der Waals surface area contributed by atoms with Gasteiger partial charge in [0.1, 0.15) is 5.60 Å². The lowest BCUT2D eigenvalue weighted by Crippen LogP contribution is -2.36. The summed E-state index contributed by atoms with van der Waals surface area (Å²) in [7, 11) is 0. The van der Waals surface area contributed by atoms with Crippen molar-refractivity contribution in [2.75, 3.05) is 25.0 Å². The highest BCUT2D eigenvalue weighted by molar-refractivity contribution is 5.95. The molecule has 0 aromatic heterocycles. The molecule has 1 heterocycles. The van der Waals surface area contributed by atoms with Crippen LogP contribution < -0.4 is 10.6 Å². The highest BCUT2D eigenvalue weighted by atomic mass is 16.6. The van der Waals surface area contributed by atoms with Gasteiger partial charge in [-0.15, -0.1) is 0 Å². The van der Waals surface area contributed by atoms with E-state index in [1.807, 2.05) is 39.0 Å². The Morgan fingerprint density at radius 1 is 1.00 bits per heavy atom. The summed E-state index contributed by atoms with van der Waals surface area (Å²) in [4.78, 5) is 27.0. The number of carbonyl (C=O) groups is 2. The van der Waals surface area contributed by atoms with Crippen LogP contribution in [0.4, 0.5) is 10.5 Å². The SMILES string of the molecule is CC(C)(C)OC(=O)Nc1ccc(C(=O)NCC(c2ccccc2)N2CCCC2)cc1. The minimum absolute atomic E-state index is 0.126. The lowest BCUT2D eigenvalue weighted by Gasteiger charge is -2.28. The van der Waals surface area contributed by atoms with Gasteiger partial charge in [-0.05, 0) is 76.5 Å². The van der Waals surface area contributed by atoms with Crippen molar-refractivity contribution in [2.24, 2.45) is 0 Å². The third kappa shape index (κ3) is 6.32. The highest BCUT2D eigenvalue weighted by Crippen LogP contribution is 2.24. The fourth-order valence-corrected chi connectivity index (χ4v) is 3.60. The molecule has 2 aromatic rings. The van der Waals surface area contributed by atoms with E-state index in [1.54, 1.807) is 24.3 Å². The van der Waals surface area contributed by atoms with E-state index >= 15 is 0 Å². The fourth-order valence-electron chi connectivity index (χ4n) is 3.60. The molecule has 1 aliphatic heterocycles. The van der Waals surface area contributed by atoms with Gasteiger partial charge < -0.3 is 10.1 Å². The van der Waals surface area contributed by atoms with Crippen LogP contribution >= 0.6 is 0 Å². The Hall–Kier alpha value is -2.86. The number of amides is 2. The number of ether oxygens (including phenoxy) is 1. The van der Waals surface area contributed by atoms with Gasteiger partial charge in [0.15, 0.2) is 0 Å². The van der Waals surface area contributed by atoms with Crippen molar-refractivity contribution in [2.45, 2.75) is 45.3 Å². The topological polar surface area (TPSA) is 70.7 Å². The maximum atomic E-state index is 12.7. The first-order valence-corrected chi connectivity index (χ1v) is 10.5. The molecule has 2 amide bonds. The molecular weight excluding hydrogens is 378 g/mol. The van der Waals surface area contributed by atoms with Crippen LogP contribution in [0.5, 0.6) is 0 Å². The Bertz CT molecular complexity index is 838. The molecule has 0 saturated carbocycles. The second kappa shape index (κ2) is 9.76. The molecule has 1 fully saturated rings. The minimum atomic E-state index is -0.561. The van der Waals surface area contributed by atoms with Crippen LogP contribution in [-0.2, 0) is 4.74 Å². The molecule has 6 nitrogen and oxygen atoms in total. The molecular formula is C24H31N3O3. The van der Waals surface area contributed by atoms with Gasteiger partial charge in [-0.3, -0.25) is 15.0 Å². The number of nitrogens with zero attached hydrogens (tertiary/aromatic N) is 1. The van der Waals surface area contributed by atoms with Gasteiger partial charge in [0.2, 0.25) is 0 Å². The number of anilines is 1. The summed E-state index contributed by atoms with van der Waals surface area (Å²) in [5.41, 5.74) is 1.80. The molecule has 1 aliphatic rings. The second-order valence-electron chi connectivity index (χ2n) is 8.58. The van der Waals surface area contributed by atoms with Crippen LogP contribution in [0.15, 0.2) is 54.6 Å². The van der Waals surface area contributed by atoms with E-state index in [2.05, 4.69) is 27.7 Å². The number of hydrogen-bond donors (Lipinski definition) is 2. The Labute approximate surface area is 178 Å².